The number of nitrogens with zero attached hydrogens (tertiary/aromatic N) is 5. The number of amides is 2. The molecule has 2 aromatic heterocycles. The Morgan fingerprint density at radius 1 is 1.13 bits per heavy atom. The van der Waals surface area contributed by atoms with E-state index in [1.165, 1.54) is 12.7 Å². The lowest BCUT2D eigenvalue weighted by Crippen LogP contribution is -2.54. The smallest absolute Gasteiger partial charge is 0.289 e. The maximum atomic E-state index is 12.8. The van der Waals surface area contributed by atoms with Gasteiger partial charge < -0.3 is 19.1 Å². The first kappa shape index (κ1) is 19.1. The molecule has 158 valence electrons. The first-order valence-corrected chi connectivity index (χ1v) is 10.8. The minimum atomic E-state index is -0.245. The summed E-state index contributed by atoms with van der Waals surface area (Å²) >= 11 is 0. The van der Waals surface area contributed by atoms with Gasteiger partial charge in [-0.15, -0.1) is 0 Å². The zero-order valence-electron chi connectivity index (χ0n) is 17.3. The number of piperidine rings is 2. The van der Waals surface area contributed by atoms with Gasteiger partial charge in [-0.25, -0.2) is 9.97 Å². The predicted octanol–water partition coefficient (Wildman–Crippen LogP) is 2.32. The number of likely N-dealkylation sites (N-methyl/N-ethyl adjacent to an activating group) is 1. The van der Waals surface area contributed by atoms with Gasteiger partial charge in [-0.3, -0.25) is 9.59 Å². The summed E-state index contributed by atoms with van der Waals surface area (Å²) in [6.07, 6.45) is 8.31. The summed E-state index contributed by atoms with van der Waals surface area (Å²) in [6, 6.07) is 3.43. The first-order chi connectivity index (χ1) is 14.6. The second-order valence-electron chi connectivity index (χ2n) is 8.69. The van der Waals surface area contributed by atoms with Crippen molar-refractivity contribution in [1.29, 1.82) is 0 Å². The van der Waals surface area contributed by atoms with Crippen LogP contribution in [-0.2, 0) is 5.41 Å². The third-order valence-corrected chi connectivity index (χ3v) is 6.77. The zero-order valence-corrected chi connectivity index (χ0v) is 17.3. The molecule has 2 amide bonds. The number of furan rings is 1. The molecule has 0 radical (unpaired) electrons. The quantitative estimate of drug-likeness (QED) is 0.757. The Hall–Kier alpha value is -2.90. The summed E-state index contributed by atoms with van der Waals surface area (Å²) in [4.78, 5) is 40.9. The number of carbonyl (C=O) groups excluding carboxylic acids is 2. The van der Waals surface area contributed by atoms with Gasteiger partial charge in [0.1, 0.15) is 0 Å². The Kier molecular flexibility index (Phi) is 4.72. The summed E-state index contributed by atoms with van der Waals surface area (Å²) in [7, 11) is 1.84. The topological polar surface area (TPSA) is 82.8 Å². The number of hydrogen-bond donors (Lipinski definition) is 0. The number of rotatable bonds is 2. The Balaban J connectivity index is 1.44. The molecule has 3 aliphatic heterocycles. The minimum absolute atomic E-state index is 0.0186. The Labute approximate surface area is 175 Å². The van der Waals surface area contributed by atoms with Gasteiger partial charge in [0.05, 0.1) is 17.5 Å². The predicted molar refractivity (Wildman–Crippen MR) is 111 cm³/mol. The maximum absolute atomic E-state index is 12.8. The number of anilines is 1. The lowest BCUT2D eigenvalue weighted by molar-refractivity contribution is 0.0523. The molecule has 2 saturated heterocycles. The second-order valence-corrected chi connectivity index (χ2v) is 8.69. The van der Waals surface area contributed by atoms with Gasteiger partial charge in [0, 0.05) is 51.4 Å². The molecule has 0 bridgehead atoms. The summed E-state index contributed by atoms with van der Waals surface area (Å²) in [6.45, 7) is 3.78. The molecule has 0 aromatic carbocycles. The minimum Gasteiger partial charge on any atom is -0.459 e. The zero-order chi connectivity index (χ0) is 20.7. The summed E-state index contributed by atoms with van der Waals surface area (Å²) < 4.78 is 5.29. The highest BCUT2D eigenvalue weighted by atomic mass is 16.3. The lowest BCUT2D eigenvalue weighted by Gasteiger charge is -2.46. The molecule has 5 rings (SSSR count). The van der Waals surface area contributed by atoms with Gasteiger partial charge in [-0.1, -0.05) is 0 Å². The van der Waals surface area contributed by atoms with Crippen LogP contribution in [0.3, 0.4) is 0 Å². The molecule has 3 aliphatic rings. The molecule has 1 spiro atoms. The van der Waals surface area contributed by atoms with Crippen LogP contribution >= 0.6 is 0 Å². The molecule has 2 aromatic rings. The van der Waals surface area contributed by atoms with Crippen molar-refractivity contribution < 1.29 is 14.0 Å². The third kappa shape index (κ3) is 3.14. The lowest BCUT2D eigenvalue weighted by atomic mass is 9.71. The molecule has 0 saturated carbocycles. The number of aromatic nitrogens is 2. The van der Waals surface area contributed by atoms with Crippen molar-refractivity contribution in [3.63, 3.8) is 0 Å². The maximum Gasteiger partial charge on any atom is 0.289 e. The van der Waals surface area contributed by atoms with Crippen LogP contribution < -0.4 is 4.90 Å². The van der Waals surface area contributed by atoms with E-state index in [1.807, 2.05) is 11.9 Å². The fourth-order valence-corrected chi connectivity index (χ4v) is 5.07. The van der Waals surface area contributed by atoms with Crippen molar-refractivity contribution in [3.05, 3.63) is 41.6 Å². The highest BCUT2D eigenvalue weighted by molar-refractivity contribution is 5.97. The van der Waals surface area contributed by atoms with E-state index >= 15 is 0 Å². The van der Waals surface area contributed by atoms with Crippen molar-refractivity contribution in [1.82, 2.24) is 19.8 Å². The highest BCUT2D eigenvalue weighted by Gasteiger charge is 2.46. The first-order valence-electron chi connectivity index (χ1n) is 10.8. The molecule has 2 fully saturated rings. The van der Waals surface area contributed by atoms with Crippen molar-refractivity contribution in [3.8, 4) is 0 Å². The average molecular weight is 409 g/mol. The number of carbonyl (C=O) groups is 2. The molecule has 5 heterocycles. The van der Waals surface area contributed by atoms with Crippen molar-refractivity contribution in [2.45, 2.75) is 37.5 Å². The van der Waals surface area contributed by atoms with Crippen LogP contribution in [0.25, 0.3) is 0 Å². The van der Waals surface area contributed by atoms with E-state index in [0.717, 1.165) is 50.4 Å². The average Bonchev–Trinajstić information content (AvgIpc) is 3.33. The summed E-state index contributed by atoms with van der Waals surface area (Å²) in [5.41, 5.74) is 1.23. The Bertz CT molecular complexity index is 944. The van der Waals surface area contributed by atoms with Crippen LogP contribution in [-0.4, -0.2) is 71.4 Å². The molecule has 0 unspecified atom stereocenters. The third-order valence-electron chi connectivity index (χ3n) is 6.77. The Morgan fingerprint density at radius 2 is 1.90 bits per heavy atom. The van der Waals surface area contributed by atoms with Gasteiger partial charge in [-0.05, 0) is 44.2 Å². The van der Waals surface area contributed by atoms with E-state index in [0.29, 0.717) is 31.0 Å². The normalized spacial score (nSPS) is 21.1. The van der Waals surface area contributed by atoms with Crippen LogP contribution in [0, 0.1) is 0 Å². The Morgan fingerprint density at radius 3 is 2.60 bits per heavy atom. The van der Waals surface area contributed by atoms with Crippen LogP contribution in [0.2, 0.25) is 0 Å². The molecular weight excluding hydrogens is 382 g/mol. The van der Waals surface area contributed by atoms with Gasteiger partial charge in [0.15, 0.2) is 5.76 Å². The summed E-state index contributed by atoms with van der Waals surface area (Å²) in [5, 5.41) is 0. The van der Waals surface area contributed by atoms with E-state index in [-0.39, 0.29) is 17.2 Å². The monoisotopic (exact) mass is 409 g/mol. The number of fused-ring (bicyclic) bond motifs is 2. The van der Waals surface area contributed by atoms with Crippen LogP contribution in [0.1, 0.15) is 58.7 Å². The van der Waals surface area contributed by atoms with Gasteiger partial charge in [-0.2, -0.15) is 0 Å². The molecule has 30 heavy (non-hydrogen) atoms. The SMILES string of the molecule is CN1CC2(CCN(C(=O)c3ccco3)CC2)c2nc(N3CCCCC3)ncc2C1=O. The van der Waals surface area contributed by atoms with E-state index in [9.17, 15) is 9.59 Å². The second kappa shape index (κ2) is 7.41. The summed E-state index contributed by atoms with van der Waals surface area (Å²) in [5.74, 6) is 1.01. The molecule has 0 aliphatic carbocycles. The van der Waals surface area contributed by atoms with E-state index in [4.69, 9.17) is 9.40 Å². The van der Waals surface area contributed by atoms with E-state index in [1.54, 1.807) is 23.2 Å². The van der Waals surface area contributed by atoms with Gasteiger partial charge >= 0.3 is 0 Å². The number of likely N-dealkylation sites (tertiary alicyclic amines) is 1. The van der Waals surface area contributed by atoms with Crippen LogP contribution in [0.5, 0.6) is 0 Å². The number of hydrogen-bond acceptors (Lipinski definition) is 6. The largest absolute Gasteiger partial charge is 0.459 e. The van der Waals surface area contributed by atoms with Crippen molar-refractivity contribution >= 4 is 17.8 Å². The highest BCUT2D eigenvalue weighted by Crippen LogP contribution is 2.41. The molecular formula is C22H27N5O3. The van der Waals surface area contributed by atoms with E-state index in [2.05, 4.69) is 9.88 Å². The van der Waals surface area contributed by atoms with Crippen molar-refractivity contribution in [2.24, 2.45) is 0 Å². The molecule has 0 atom stereocenters. The standard InChI is InChI=1S/C22H27N5O3/c1-25-15-22(7-11-26(12-8-22)20(29)17-6-5-13-30-17)18-16(19(25)28)14-23-21(24-18)27-9-3-2-4-10-27/h5-6,13-14H,2-4,7-12,15H2,1H3. The molecule has 0 N–H and O–H groups in total. The van der Waals surface area contributed by atoms with Crippen LogP contribution in [0.15, 0.2) is 29.0 Å². The van der Waals surface area contributed by atoms with Crippen LogP contribution in [0.4, 0.5) is 5.95 Å². The molecule has 8 heteroatoms. The fourth-order valence-electron chi connectivity index (χ4n) is 5.07. The van der Waals surface area contributed by atoms with Gasteiger partial charge in [0.25, 0.3) is 11.8 Å². The molecule has 8 nitrogen and oxygen atoms in total. The fraction of sp³-hybridized carbons (Fsp3) is 0.545. The van der Waals surface area contributed by atoms with Gasteiger partial charge in [0.2, 0.25) is 5.95 Å². The van der Waals surface area contributed by atoms with E-state index < -0.39 is 0 Å². The van der Waals surface area contributed by atoms with Crippen molar-refractivity contribution in [2.75, 3.05) is 44.7 Å².